The van der Waals surface area contributed by atoms with Crippen molar-refractivity contribution in [3.8, 4) is 0 Å². The summed E-state index contributed by atoms with van der Waals surface area (Å²) in [4.78, 5) is 20.3. The topological polar surface area (TPSA) is 66.5 Å². The van der Waals surface area contributed by atoms with E-state index in [-0.39, 0.29) is 12.1 Å². The minimum Gasteiger partial charge on any atom is -0.378 e. The van der Waals surface area contributed by atoms with E-state index >= 15 is 0 Å². The number of urea groups is 1. The molecule has 8 heteroatoms. The first kappa shape index (κ1) is 19.1. The van der Waals surface area contributed by atoms with Gasteiger partial charge < -0.3 is 20.3 Å². The molecular formula is C18H23BrN4O2S. The van der Waals surface area contributed by atoms with Gasteiger partial charge in [-0.15, -0.1) is 11.3 Å². The summed E-state index contributed by atoms with van der Waals surface area (Å²) in [6.07, 6.45) is 0. The van der Waals surface area contributed by atoms with Crippen LogP contribution in [0.3, 0.4) is 0 Å². The zero-order valence-corrected chi connectivity index (χ0v) is 17.5. The average molecular weight is 439 g/mol. The number of aromatic nitrogens is 1. The van der Waals surface area contributed by atoms with Crippen molar-refractivity contribution in [1.29, 1.82) is 0 Å². The van der Waals surface area contributed by atoms with E-state index in [4.69, 9.17) is 4.74 Å². The lowest BCUT2D eigenvalue weighted by Crippen LogP contribution is -2.37. The van der Waals surface area contributed by atoms with Crippen molar-refractivity contribution in [1.82, 2.24) is 10.3 Å². The van der Waals surface area contributed by atoms with Crippen molar-refractivity contribution >= 4 is 44.7 Å². The van der Waals surface area contributed by atoms with Crippen LogP contribution in [-0.2, 0) is 4.74 Å². The van der Waals surface area contributed by atoms with Gasteiger partial charge in [0.05, 0.1) is 41.3 Å². The van der Waals surface area contributed by atoms with E-state index in [0.717, 1.165) is 44.5 Å². The van der Waals surface area contributed by atoms with Crippen LogP contribution in [0.4, 0.5) is 16.2 Å². The molecule has 0 spiro atoms. The zero-order chi connectivity index (χ0) is 18.7. The maximum Gasteiger partial charge on any atom is 0.319 e. The molecule has 1 aromatic carbocycles. The molecule has 6 nitrogen and oxygen atoms in total. The number of morpholine rings is 1. The Bertz CT molecular complexity index is 789. The predicted octanol–water partition coefficient (Wildman–Crippen LogP) is 4.24. The van der Waals surface area contributed by atoms with Gasteiger partial charge in [-0.05, 0) is 39.0 Å². The number of thiazole rings is 1. The van der Waals surface area contributed by atoms with Crippen LogP contribution in [0.5, 0.6) is 0 Å². The summed E-state index contributed by atoms with van der Waals surface area (Å²) in [5.74, 6) is 0. The van der Waals surface area contributed by atoms with Gasteiger partial charge in [0.2, 0.25) is 0 Å². The van der Waals surface area contributed by atoms with E-state index in [1.54, 1.807) is 11.3 Å². The number of carbonyl (C=O) groups excluding carboxylic acids is 1. The van der Waals surface area contributed by atoms with E-state index < -0.39 is 0 Å². The van der Waals surface area contributed by atoms with E-state index in [1.807, 2.05) is 39.0 Å². The lowest BCUT2D eigenvalue weighted by atomic mass is 10.2. The number of anilines is 2. The molecule has 3 rings (SSSR count). The highest BCUT2D eigenvalue weighted by atomic mass is 79.9. The second kappa shape index (κ2) is 8.37. The molecule has 0 radical (unpaired) electrons. The van der Waals surface area contributed by atoms with Crippen LogP contribution >= 0.6 is 27.3 Å². The van der Waals surface area contributed by atoms with E-state index in [0.29, 0.717) is 13.2 Å². The molecule has 1 aliphatic rings. The smallest absolute Gasteiger partial charge is 0.319 e. The summed E-state index contributed by atoms with van der Waals surface area (Å²) in [5, 5.41) is 7.02. The van der Waals surface area contributed by atoms with E-state index in [1.165, 1.54) is 0 Å². The van der Waals surface area contributed by atoms with Crippen molar-refractivity contribution in [2.75, 3.05) is 36.5 Å². The highest BCUT2D eigenvalue weighted by Gasteiger charge is 2.19. The third-order valence-electron chi connectivity index (χ3n) is 4.24. The van der Waals surface area contributed by atoms with Gasteiger partial charge >= 0.3 is 6.03 Å². The molecule has 1 aromatic heterocycles. The fraction of sp³-hybridized carbons (Fsp3) is 0.444. The van der Waals surface area contributed by atoms with Gasteiger partial charge in [-0.3, -0.25) is 0 Å². The Morgan fingerprint density at radius 3 is 2.73 bits per heavy atom. The van der Waals surface area contributed by atoms with Crippen molar-refractivity contribution in [3.63, 3.8) is 0 Å². The lowest BCUT2D eigenvalue weighted by Gasteiger charge is -2.30. The van der Waals surface area contributed by atoms with Crippen molar-refractivity contribution < 1.29 is 9.53 Å². The summed E-state index contributed by atoms with van der Waals surface area (Å²) in [7, 11) is 0. The van der Waals surface area contributed by atoms with Crippen molar-refractivity contribution in [2.45, 2.75) is 26.8 Å². The Kier molecular flexibility index (Phi) is 6.16. The Balaban J connectivity index is 1.72. The maximum absolute atomic E-state index is 12.6. The van der Waals surface area contributed by atoms with Crippen LogP contribution in [-0.4, -0.2) is 37.3 Å². The molecule has 0 bridgehead atoms. The molecule has 140 valence electrons. The number of amides is 2. The van der Waals surface area contributed by atoms with Crippen LogP contribution in [0.1, 0.15) is 28.5 Å². The van der Waals surface area contributed by atoms with Crippen molar-refractivity contribution in [2.24, 2.45) is 0 Å². The van der Waals surface area contributed by atoms with Crippen LogP contribution in [0.15, 0.2) is 22.7 Å². The number of carbonyl (C=O) groups is 1. The molecule has 2 aromatic rings. The van der Waals surface area contributed by atoms with E-state index in [2.05, 4.69) is 36.4 Å². The fourth-order valence-electron chi connectivity index (χ4n) is 3.06. The molecule has 0 aliphatic carbocycles. The summed E-state index contributed by atoms with van der Waals surface area (Å²) in [5.41, 5.74) is 2.75. The number of hydrogen-bond acceptors (Lipinski definition) is 5. The molecule has 0 saturated carbocycles. The molecule has 1 aliphatic heterocycles. The molecule has 26 heavy (non-hydrogen) atoms. The van der Waals surface area contributed by atoms with Gasteiger partial charge in [0.15, 0.2) is 0 Å². The van der Waals surface area contributed by atoms with Gasteiger partial charge in [-0.2, -0.15) is 0 Å². The average Bonchev–Trinajstić information content (AvgIpc) is 2.94. The summed E-state index contributed by atoms with van der Waals surface area (Å²) >= 11 is 5.10. The normalized spacial score (nSPS) is 15.6. The van der Waals surface area contributed by atoms with Gasteiger partial charge in [0.1, 0.15) is 0 Å². The minimum atomic E-state index is -0.226. The summed E-state index contributed by atoms with van der Waals surface area (Å²) in [6, 6.07) is 5.61. The van der Waals surface area contributed by atoms with Gasteiger partial charge in [-0.1, -0.05) is 15.9 Å². The summed E-state index contributed by atoms with van der Waals surface area (Å²) in [6.45, 7) is 8.94. The van der Waals surface area contributed by atoms with Crippen LogP contribution < -0.4 is 15.5 Å². The first-order valence-corrected chi connectivity index (χ1v) is 10.2. The lowest BCUT2D eigenvalue weighted by molar-refractivity contribution is 0.123. The number of nitrogens with one attached hydrogen (secondary N) is 2. The van der Waals surface area contributed by atoms with Gasteiger partial charge in [0, 0.05) is 22.4 Å². The quantitative estimate of drug-likeness (QED) is 0.748. The molecule has 2 heterocycles. The SMILES string of the molecule is Cc1nc(C)c([C@@H](C)NC(=O)Nc2cc(Br)ccc2N2CCOCC2)s1. The number of rotatable bonds is 4. The second-order valence-corrected chi connectivity index (χ2v) is 8.41. The summed E-state index contributed by atoms with van der Waals surface area (Å²) < 4.78 is 6.35. The number of ether oxygens (including phenoxy) is 1. The largest absolute Gasteiger partial charge is 0.378 e. The standard InChI is InChI=1S/C18H23BrN4O2S/c1-11-17(26-13(3)20-11)12(2)21-18(24)22-15-10-14(19)4-5-16(15)23-6-8-25-9-7-23/h4-5,10,12H,6-9H2,1-3H3,(H2,21,22,24)/t12-/m1/s1. The molecule has 1 atom stereocenters. The third kappa shape index (κ3) is 4.55. The van der Waals surface area contributed by atoms with E-state index in [9.17, 15) is 4.79 Å². The first-order chi connectivity index (χ1) is 12.4. The number of hydrogen-bond donors (Lipinski definition) is 2. The molecule has 0 unspecified atom stereocenters. The van der Waals surface area contributed by atoms with Gasteiger partial charge in [0.25, 0.3) is 0 Å². The Labute approximate surface area is 166 Å². The molecule has 1 fully saturated rings. The van der Waals surface area contributed by atoms with Crippen LogP contribution in [0.2, 0.25) is 0 Å². The Hall–Kier alpha value is -1.64. The number of benzene rings is 1. The second-order valence-electron chi connectivity index (χ2n) is 6.26. The third-order valence-corrected chi connectivity index (χ3v) is 5.99. The molecule has 2 amide bonds. The highest BCUT2D eigenvalue weighted by molar-refractivity contribution is 9.10. The van der Waals surface area contributed by atoms with Crippen LogP contribution in [0, 0.1) is 13.8 Å². The number of nitrogens with zero attached hydrogens (tertiary/aromatic N) is 2. The van der Waals surface area contributed by atoms with Crippen LogP contribution in [0.25, 0.3) is 0 Å². The zero-order valence-electron chi connectivity index (χ0n) is 15.1. The fourth-order valence-corrected chi connectivity index (χ4v) is 4.35. The molecule has 2 N–H and O–H groups in total. The van der Waals surface area contributed by atoms with Gasteiger partial charge in [-0.25, -0.2) is 9.78 Å². The van der Waals surface area contributed by atoms with Crippen molar-refractivity contribution in [3.05, 3.63) is 38.3 Å². The first-order valence-electron chi connectivity index (χ1n) is 8.57. The predicted molar refractivity (Wildman–Crippen MR) is 109 cm³/mol. The highest BCUT2D eigenvalue weighted by Crippen LogP contribution is 2.30. The minimum absolute atomic E-state index is 0.0970. The Morgan fingerprint density at radius 2 is 2.08 bits per heavy atom. The molecule has 1 saturated heterocycles. The Morgan fingerprint density at radius 1 is 1.35 bits per heavy atom. The molecular weight excluding hydrogens is 416 g/mol. The number of aryl methyl sites for hydroxylation is 2. The maximum atomic E-state index is 12.6. The monoisotopic (exact) mass is 438 g/mol. The number of halogens is 1.